The summed E-state index contributed by atoms with van der Waals surface area (Å²) in [5.41, 5.74) is 1.10. The van der Waals surface area contributed by atoms with E-state index in [1.54, 1.807) is 0 Å². The van der Waals surface area contributed by atoms with Gasteiger partial charge in [0.05, 0.1) is 5.69 Å². The molecule has 1 aliphatic carbocycles. The van der Waals surface area contributed by atoms with Crippen molar-refractivity contribution in [1.82, 2.24) is 14.9 Å². The third-order valence-corrected chi connectivity index (χ3v) is 5.06. The number of nitrogens with one attached hydrogen (secondary N) is 1. The van der Waals surface area contributed by atoms with Crippen molar-refractivity contribution in [2.45, 2.75) is 32.6 Å². The molecule has 1 saturated carbocycles. The third kappa shape index (κ3) is 2.85. The van der Waals surface area contributed by atoms with E-state index in [1.165, 1.54) is 24.4 Å². The minimum Gasteiger partial charge on any atom is -0.351 e. The summed E-state index contributed by atoms with van der Waals surface area (Å²) in [6, 6.07) is 0. The van der Waals surface area contributed by atoms with E-state index >= 15 is 0 Å². The van der Waals surface area contributed by atoms with E-state index in [-0.39, 0.29) is 11.8 Å². The maximum Gasteiger partial charge on any atom is 0.264 e. The highest BCUT2D eigenvalue weighted by molar-refractivity contribution is 9.09. The number of nitrogens with zero attached hydrogens (tertiary/aromatic N) is 2. The molecule has 0 aliphatic heterocycles. The van der Waals surface area contributed by atoms with E-state index < -0.39 is 0 Å². The largest absolute Gasteiger partial charge is 0.351 e. The van der Waals surface area contributed by atoms with Crippen molar-refractivity contribution in [2.24, 2.45) is 5.41 Å². The minimum absolute atomic E-state index is 0.0316. The Morgan fingerprint density at radius 2 is 2.29 bits per heavy atom. The number of carbonyl (C=O) groups is 1. The van der Waals surface area contributed by atoms with Gasteiger partial charge in [-0.1, -0.05) is 34.3 Å². The fraction of sp³-hybridized carbons (Fsp3) is 0.727. The SMILES string of the molecule is CC(C)c1nnsc1C(=O)NCC1(CBr)CC1. The molecule has 6 heteroatoms. The van der Waals surface area contributed by atoms with Gasteiger partial charge in [0.25, 0.3) is 5.91 Å². The first-order chi connectivity index (χ1) is 8.08. The van der Waals surface area contributed by atoms with Crippen molar-refractivity contribution in [1.29, 1.82) is 0 Å². The molecule has 1 aliphatic rings. The Bertz CT molecular complexity index is 415. The highest BCUT2D eigenvalue weighted by Crippen LogP contribution is 2.46. The van der Waals surface area contributed by atoms with E-state index in [0.29, 0.717) is 10.3 Å². The lowest BCUT2D eigenvalue weighted by molar-refractivity contribution is 0.0949. The normalized spacial score (nSPS) is 17.2. The van der Waals surface area contributed by atoms with Gasteiger partial charge in [0.2, 0.25) is 0 Å². The number of halogens is 1. The molecule has 1 aromatic heterocycles. The van der Waals surface area contributed by atoms with Gasteiger partial charge in [-0.3, -0.25) is 4.79 Å². The van der Waals surface area contributed by atoms with Crippen molar-refractivity contribution in [2.75, 3.05) is 11.9 Å². The van der Waals surface area contributed by atoms with Crippen LogP contribution in [0.15, 0.2) is 0 Å². The molecule has 0 bridgehead atoms. The number of hydrogen-bond acceptors (Lipinski definition) is 4. The summed E-state index contributed by atoms with van der Waals surface area (Å²) in [5.74, 6) is 0.205. The monoisotopic (exact) mass is 317 g/mol. The number of amides is 1. The number of carbonyl (C=O) groups excluding carboxylic acids is 1. The molecular formula is C11H16BrN3OS. The van der Waals surface area contributed by atoms with Gasteiger partial charge >= 0.3 is 0 Å². The maximum atomic E-state index is 12.0. The molecule has 2 rings (SSSR count). The summed E-state index contributed by atoms with van der Waals surface area (Å²) in [7, 11) is 0. The van der Waals surface area contributed by atoms with Crippen molar-refractivity contribution in [3.63, 3.8) is 0 Å². The lowest BCUT2D eigenvalue weighted by Crippen LogP contribution is -2.31. The molecule has 4 nitrogen and oxygen atoms in total. The Morgan fingerprint density at radius 1 is 1.59 bits per heavy atom. The van der Waals surface area contributed by atoms with Crippen molar-refractivity contribution < 1.29 is 4.79 Å². The van der Waals surface area contributed by atoms with Crippen LogP contribution >= 0.6 is 27.5 Å². The molecular weight excluding hydrogens is 302 g/mol. The lowest BCUT2D eigenvalue weighted by Gasteiger charge is -2.12. The third-order valence-electron chi connectivity index (χ3n) is 3.13. The van der Waals surface area contributed by atoms with Crippen LogP contribution < -0.4 is 5.32 Å². The first-order valence-corrected chi connectivity index (χ1v) is 7.64. The fourth-order valence-electron chi connectivity index (χ4n) is 1.62. The Morgan fingerprint density at radius 3 is 2.82 bits per heavy atom. The lowest BCUT2D eigenvalue weighted by atomic mass is 10.1. The van der Waals surface area contributed by atoms with E-state index in [0.717, 1.165) is 17.6 Å². The molecule has 17 heavy (non-hydrogen) atoms. The zero-order valence-corrected chi connectivity index (χ0v) is 12.4. The molecule has 0 spiro atoms. The van der Waals surface area contributed by atoms with Crippen LogP contribution in [-0.4, -0.2) is 27.4 Å². The highest BCUT2D eigenvalue weighted by Gasteiger charge is 2.41. The first kappa shape index (κ1) is 13.0. The topological polar surface area (TPSA) is 54.9 Å². The Labute approximate surface area is 113 Å². The average molecular weight is 318 g/mol. The van der Waals surface area contributed by atoms with Crippen molar-refractivity contribution in [3.8, 4) is 0 Å². The van der Waals surface area contributed by atoms with Crippen LogP contribution in [0.25, 0.3) is 0 Å². The molecule has 0 saturated heterocycles. The van der Waals surface area contributed by atoms with E-state index in [9.17, 15) is 4.79 Å². The van der Waals surface area contributed by atoms with Crippen LogP contribution in [0, 0.1) is 5.41 Å². The van der Waals surface area contributed by atoms with Gasteiger partial charge in [-0.25, -0.2) is 0 Å². The smallest absolute Gasteiger partial charge is 0.264 e. The second-order valence-corrected chi connectivity index (χ2v) is 6.27. The highest BCUT2D eigenvalue weighted by atomic mass is 79.9. The summed E-state index contributed by atoms with van der Waals surface area (Å²) in [4.78, 5) is 12.7. The molecule has 94 valence electrons. The number of aromatic nitrogens is 2. The molecule has 0 unspecified atom stereocenters. The minimum atomic E-state index is -0.0316. The van der Waals surface area contributed by atoms with Crippen LogP contribution in [0.3, 0.4) is 0 Å². The molecule has 1 N–H and O–H groups in total. The molecule has 1 heterocycles. The quantitative estimate of drug-likeness (QED) is 0.849. The van der Waals surface area contributed by atoms with Gasteiger partial charge in [-0.15, -0.1) is 5.10 Å². The van der Waals surface area contributed by atoms with Crippen LogP contribution in [0.1, 0.15) is 48.0 Å². The predicted octanol–water partition coefficient (Wildman–Crippen LogP) is 2.57. The first-order valence-electron chi connectivity index (χ1n) is 5.74. The van der Waals surface area contributed by atoms with Crippen LogP contribution in [0.5, 0.6) is 0 Å². The van der Waals surface area contributed by atoms with Gasteiger partial charge < -0.3 is 5.32 Å². The standard InChI is InChI=1S/C11H16BrN3OS/c1-7(2)8-9(17-15-14-8)10(16)13-6-11(5-12)3-4-11/h7H,3-6H2,1-2H3,(H,13,16). The van der Waals surface area contributed by atoms with Crippen LogP contribution in [-0.2, 0) is 0 Å². The molecule has 0 atom stereocenters. The van der Waals surface area contributed by atoms with Gasteiger partial charge in [0.1, 0.15) is 4.88 Å². The molecule has 1 fully saturated rings. The zero-order chi connectivity index (χ0) is 12.5. The van der Waals surface area contributed by atoms with Gasteiger partial charge in [-0.2, -0.15) is 0 Å². The number of alkyl halides is 1. The second-order valence-electron chi connectivity index (χ2n) is 4.96. The fourth-order valence-corrected chi connectivity index (χ4v) is 3.11. The Balaban J connectivity index is 1.97. The van der Waals surface area contributed by atoms with E-state index in [4.69, 9.17) is 0 Å². The number of rotatable bonds is 5. The van der Waals surface area contributed by atoms with Crippen LogP contribution in [0.2, 0.25) is 0 Å². The summed E-state index contributed by atoms with van der Waals surface area (Å²) < 4.78 is 3.87. The maximum absolute atomic E-state index is 12.0. The average Bonchev–Trinajstić information content (AvgIpc) is 2.91. The predicted molar refractivity (Wildman–Crippen MR) is 71.8 cm³/mol. The van der Waals surface area contributed by atoms with Gasteiger partial charge in [0.15, 0.2) is 0 Å². The van der Waals surface area contributed by atoms with Crippen molar-refractivity contribution in [3.05, 3.63) is 10.6 Å². The summed E-state index contributed by atoms with van der Waals surface area (Å²) in [6.45, 7) is 4.79. The summed E-state index contributed by atoms with van der Waals surface area (Å²) in [6.07, 6.45) is 2.38. The van der Waals surface area contributed by atoms with E-state index in [2.05, 4.69) is 30.8 Å². The zero-order valence-electron chi connectivity index (χ0n) is 9.99. The summed E-state index contributed by atoms with van der Waals surface area (Å²) in [5, 5.41) is 7.97. The molecule has 0 aromatic carbocycles. The second kappa shape index (κ2) is 5.02. The van der Waals surface area contributed by atoms with Crippen LogP contribution in [0.4, 0.5) is 0 Å². The van der Waals surface area contributed by atoms with Gasteiger partial charge in [0, 0.05) is 11.9 Å². The van der Waals surface area contributed by atoms with E-state index in [1.807, 2.05) is 13.8 Å². The molecule has 1 amide bonds. The van der Waals surface area contributed by atoms with Gasteiger partial charge in [-0.05, 0) is 35.7 Å². The number of hydrogen-bond donors (Lipinski definition) is 1. The van der Waals surface area contributed by atoms with Crippen molar-refractivity contribution >= 4 is 33.4 Å². The molecule has 1 aromatic rings. The summed E-state index contributed by atoms with van der Waals surface area (Å²) >= 11 is 4.68. The Hall–Kier alpha value is -0.490. The molecule has 0 radical (unpaired) electrons. The Kier molecular flexibility index (Phi) is 3.82.